The van der Waals surface area contributed by atoms with Crippen molar-refractivity contribution in [2.45, 2.75) is 13.0 Å². The molecule has 0 aliphatic rings. The van der Waals surface area contributed by atoms with Gasteiger partial charge in [-0.1, -0.05) is 60.7 Å². The first-order valence-corrected chi connectivity index (χ1v) is 7.57. The highest BCUT2D eigenvalue weighted by Crippen LogP contribution is 2.18. The van der Waals surface area contributed by atoms with E-state index in [1.807, 2.05) is 6.07 Å². The van der Waals surface area contributed by atoms with Crippen molar-refractivity contribution in [1.29, 1.82) is 0 Å². The van der Waals surface area contributed by atoms with Gasteiger partial charge >= 0.3 is 5.97 Å². The van der Waals surface area contributed by atoms with Crippen molar-refractivity contribution in [3.63, 3.8) is 0 Å². The zero-order chi connectivity index (χ0) is 18.2. The summed E-state index contributed by atoms with van der Waals surface area (Å²) >= 11 is 0. The molecule has 0 bridgehead atoms. The van der Waals surface area contributed by atoms with E-state index in [4.69, 9.17) is 10.5 Å². The standard InChI is InChI=1S/C19H18N2O4/c1-13(22)21-16(12-14-8-4-2-5-9-14)19(24)25-17(18(20)23)15-10-6-3-7-11-15/h2-12,17H,1H3,(H2,20,23)(H,21,22)/b16-12+/t17-/m0/s1. The van der Waals surface area contributed by atoms with Gasteiger partial charge in [0.1, 0.15) is 5.70 Å². The van der Waals surface area contributed by atoms with E-state index in [1.165, 1.54) is 13.0 Å². The fourth-order valence-electron chi connectivity index (χ4n) is 2.14. The maximum Gasteiger partial charge on any atom is 0.355 e. The first-order chi connectivity index (χ1) is 12.0. The number of hydrogen-bond donors (Lipinski definition) is 2. The smallest absolute Gasteiger partial charge is 0.355 e. The summed E-state index contributed by atoms with van der Waals surface area (Å²) in [6, 6.07) is 17.4. The van der Waals surface area contributed by atoms with Crippen molar-refractivity contribution >= 4 is 23.9 Å². The van der Waals surface area contributed by atoms with E-state index in [1.54, 1.807) is 54.6 Å². The number of primary amides is 1. The number of amides is 2. The number of carbonyl (C=O) groups is 3. The average molecular weight is 338 g/mol. The molecule has 2 amide bonds. The van der Waals surface area contributed by atoms with E-state index in [0.717, 1.165) is 0 Å². The van der Waals surface area contributed by atoms with Crippen LogP contribution in [0.5, 0.6) is 0 Å². The molecule has 0 aliphatic heterocycles. The second kappa shape index (κ2) is 8.44. The monoisotopic (exact) mass is 338 g/mol. The number of benzene rings is 2. The van der Waals surface area contributed by atoms with Gasteiger partial charge in [0, 0.05) is 12.5 Å². The third kappa shape index (κ3) is 5.31. The molecule has 25 heavy (non-hydrogen) atoms. The maximum atomic E-state index is 12.5. The molecule has 2 rings (SSSR count). The normalized spacial score (nSPS) is 12.1. The minimum Gasteiger partial charge on any atom is -0.443 e. The molecule has 0 saturated heterocycles. The van der Waals surface area contributed by atoms with Gasteiger partial charge in [-0.3, -0.25) is 9.59 Å². The number of ether oxygens (including phenoxy) is 1. The second-order valence-electron chi connectivity index (χ2n) is 5.25. The Bertz CT molecular complexity index is 786. The van der Waals surface area contributed by atoms with Crippen LogP contribution in [0.25, 0.3) is 6.08 Å². The molecule has 0 aliphatic carbocycles. The van der Waals surface area contributed by atoms with Gasteiger partial charge < -0.3 is 15.8 Å². The quantitative estimate of drug-likeness (QED) is 0.621. The topological polar surface area (TPSA) is 98.5 Å². The number of rotatable bonds is 6. The Morgan fingerprint density at radius 1 is 1.00 bits per heavy atom. The second-order valence-corrected chi connectivity index (χ2v) is 5.25. The first kappa shape index (κ1) is 17.9. The van der Waals surface area contributed by atoms with Crippen LogP contribution < -0.4 is 11.1 Å². The number of carbonyl (C=O) groups excluding carboxylic acids is 3. The molecule has 128 valence electrons. The molecule has 0 spiro atoms. The van der Waals surface area contributed by atoms with Gasteiger partial charge in [-0.05, 0) is 11.6 Å². The fraction of sp³-hybridized carbons (Fsp3) is 0.105. The molecule has 0 fully saturated rings. The molecule has 6 nitrogen and oxygen atoms in total. The van der Waals surface area contributed by atoms with E-state index in [0.29, 0.717) is 11.1 Å². The van der Waals surface area contributed by atoms with Crippen LogP contribution in [0, 0.1) is 0 Å². The summed E-state index contributed by atoms with van der Waals surface area (Å²) in [7, 11) is 0. The van der Waals surface area contributed by atoms with Crippen LogP contribution >= 0.6 is 0 Å². The zero-order valence-corrected chi connectivity index (χ0v) is 13.6. The highest BCUT2D eigenvalue weighted by Gasteiger charge is 2.24. The third-order valence-electron chi connectivity index (χ3n) is 3.23. The molecule has 2 aromatic carbocycles. The van der Waals surface area contributed by atoms with Crippen molar-refractivity contribution in [3.8, 4) is 0 Å². The molecule has 1 atom stereocenters. The molecule has 0 saturated carbocycles. The fourth-order valence-corrected chi connectivity index (χ4v) is 2.14. The van der Waals surface area contributed by atoms with Gasteiger partial charge in [0.05, 0.1) is 0 Å². The molecule has 2 aromatic rings. The highest BCUT2D eigenvalue weighted by molar-refractivity contribution is 5.98. The lowest BCUT2D eigenvalue weighted by Gasteiger charge is -2.16. The summed E-state index contributed by atoms with van der Waals surface area (Å²) in [6.07, 6.45) is 0.217. The molecule has 6 heteroatoms. The minimum atomic E-state index is -1.25. The van der Waals surface area contributed by atoms with Crippen molar-refractivity contribution in [2.24, 2.45) is 5.73 Å². The van der Waals surface area contributed by atoms with Gasteiger partial charge in [-0.25, -0.2) is 4.79 Å². The van der Waals surface area contributed by atoms with E-state index < -0.39 is 23.9 Å². The lowest BCUT2D eigenvalue weighted by molar-refractivity contribution is -0.152. The number of hydrogen-bond acceptors (Lipinski definition) is 4. The third-order valence-corrected chi connectivity index (χ3v) is 3.23. The summed E-state index contributed by atoms with van der Waals surface area (Å²) in [6.45, 7) is 1.27. The highest BCUT2D eigenvalue weighted by atomic mass is 16.5. The van der Waals surface area contributed by atoms with Crippen LogP contribution in [0.2, 0.25) is 0 Å². The Hall–Kier alpha value is -3.41. The minimum absolute atomic E-state index is 0.0825. The summed E-state index contributed by atoms with van der Waals surface area (Å²) in [5, 5.41) is 2.42. The lowest BCUT2D eigenvalue weighted by Crippen LogP contribution is -2.31. The molecular weight excluding hydrogens is 320 g/mol. The van der Waals surface area contributed by atoms with E-state index >= 15 is 0 Å². The largest absolute Gasteiger partial charge is 0.443 e. The van der Waals surface area contributed by atoms with Crippen molar-refractivity contribution in [3.05, 3.63) is 77.5 Å². The van der Waals surface area contributed by atoms with E-state index in [2.05, 4.69) is 5.32 Å². The molecule has 0 heterocycles. The molecule has 0 aromatic heterocycles. The average Bonchev–Trinajstić information content (AvgIpc) is 2.60. The van der Waals surface area contributed by atoms with Gasteiger partial charge in [-0.15, -0.1) is 0 Å². The summed E-state index contributed by atoms with van der Waals surface area (Å²) < 4.78 is 5.24. The van der Waals surface area contributed by atoms with Crippen LogP contribution in [0.1, 0.15) is 24.2 Å². The van der Waals surface area contributed by atoms with Gasteiger partial charge in [0.25, 0.3) is 5.91 Å². The van der Waals surface area contributed by atoms with E-state index in [9.17, 15) is 14.4 Å². The molecule has 3 N–H and O–H groups in total. The summed E-state index contributed by atoms with van der Waals surface area (Å²) in [5.41, 5.74) is 6.41. The predicted octanol–water partition coefficient (Wildman–Crippen LogP) is 1.93. The Labute approximate surface area is 145 Å². The Morgan fingerprint density at radius 2 is 1.56 bits per heavy atom. The lowest BCUT2D eigenvalue weighted by atomic mass is 10.1. The molecule has 0 radical (unpaired) electrons. The van der Waals surface area contributed by atoms with E-state index in [-0.39, 0.29) is 5.70 Å². The van der Waals surface area contributed by atoms with Gasteiger partial charge in [0.15, 0.2) is 0 Å². The van der Waals surface area contributed by atoms with Crippen molar-refractivity contribution in [1.82, 2.24) is 5.32 Å². The van der Waals surface area contributed by atoms with Gasteiger partial charge in [0.2, 0.25) is 12.0 Å². The number of nitrogens with two attached hydrogens (primary N) is 1. The maximum absolute atomic E-state index is 12.5. The van der Waals surface area contributed by atoms with Crippen LogP contribution in [0.15, 0.2) is 66.4 Å². The predicted molar refractivity (Wildman–Crippen MR) is 92.7 cm³/mol. The number of esters is 1. The summed E-state index contributed by atoms with van der Waals surface area (Å²) in [4.78, 5) is 35.5. The Balaban J connectivity index is 2.28. The Kier molecular flexibility index (Phi) is 6.06. The Morgan fingerprint density at radius 3 is 2.08 bits per heavy atom. The number of nitrogens with one attached hydrogen (secondary N) is 1. The molecular formula is C19H18N2O4. The van der Waals surface area contributed by atoms with Crippen molar-refractivity contribution < 1.29 is 19.1 Å². The summed E-state index contributed by atoms with van der Waals surface area (Å²) in [5.74, 6) is -2.09. The van der Waals surface area contributed by atoms with Crippen LogP contribution in [-0.4, -0.2) is 17.8 Å². The van der Waals surface area contributed by atoms with Gasteiger partial charge in [-0.2, -0.15) is 0 Å². The van der Waals surface area contributed by atoms with Crippen LogP contribution in [-0.2, 0) is 19.1 Å². The zero-order valence-electron chi connectivity index (χ0n) is 13.6. The van der Waals surface area contributed by atoms with Crippen LogP contribution in [0.4, 0.5) is 0 Å². The molecule has 0 unspecified atom stereocenters. The first-order valence-electron chi connectivity index (χ1n) is 7.57. The SMILES string of the molecule is CC(=O)N/C(=C/c1ccccc1)C(=O)O[C@H](C(N)=O)c1ccccc1. The van der Waals surface area contributed by atoms with Crippen LogP contribution in [0.3, 0.4) is 0 Å². The van der Waals surface area contributed by atoms with Crippen molar-refractivity contribution in [2.75, 3.05) is 0 Å².